The van der Waals surface area contributed by atoms with E-state index in [4.69, 9.17) is 23.8 Å². The topological polar surface area (TPSA) is 91.0 Å². The molecule has 0 atom stereocenters. The predicted molar refractivity (Wildman–Crippen MR) is 106 cm³/mol. The number of hydrogen-bond acceptors (Lipinski definition) is 6. The van der Waals surface area contributed by atoms with Crippen LogP contribution in [0.2, 0.25) is 0 Å². The highest BCUT2D eigenvalue weighted by molar-refractivity contribution is 5.68. The van der Waals surface area contributed by atoms with E-state index in [0.29, 0.717) is 36.0 Å². The van der Waals surface area contributed by atoms with Gasteiger partial charge in [0.25, 0.3) is 0 Å². The Morgan fingerprint density at radius 1 is 1.17 bits per heavy atom. The lowest BCUT2D eigenvalue weighted by Crippen LogP contribution is -2.02. The molecule has 0 radical (unpaired) electrons. The van der Waals surface area contributed by atoms with Crippen LogP contribution in [-0.2, 0) is 17.8 Å². The number of carbonyl (C=O) groups is 1. The molecular weight excluding hydrogens is 393 g/mol. The predicted octanol–water partition coefficient (Wildman–Crippen LogP) is 4.48. The van der Waals surface area contributed by atoms with Crippen molar-refractivity contribution in [3.8, 4) is 28.6 Å². The summed E-state index contributed by atoms with van der Waals surface area (Å²) in [7, 11) is 1.49. The highest BCUT2D eigenvalue weighted by atomic mass is 19.1. The molecule has 3 rings (SSSR count). The van der Waals surface area contributed by atoms with Crippen LogP contribution in [0.4, 0.5) is 4.39 Å². The molecule has 30 heavy (non-hydrogen) atoms. The summed E-state index contributed by atoms with van der Waals surface area (Å²) >= 11 is 0. The minimum absolute atomic E-state index is 0.0345. The maximum absolute atomic E-state index is 14.4. The molecule has 0 fully saturated rings. The zero-order chi connectivity index (χ0) is 21.5. The van der Waals surface area contributed by atoms with E-state index >= 15 is 0 Å². The quantitative estimate of drug-likeness (QED) is 0.522. The van der Waals surface area contributed by atoms with Crippen molar-refractivity contribution in [2.75, 3.05) is 13.7 Å². The summed E-state index contributed by atoms with van der Waals surface area (Å²) < 4.78 is 36.3. The Morgan fingerprint density at radius 3 is 2.73 bits per heavy atom. The second-order valence-corrected chi connectivity index (χ2v) is 6.40. The monoisotopic (exact) mass is 415 g/mol. The van der Waals surface area contributed by atoms with Crippen molar-refractivity contribution < 1.29 is 33.0 Å². The molecule has 1 N–H and O–H groups in total. The van der Waals surface area contributed by atoms with E-state index in [0.717, 1.165) is 5.56 Å². The SMILES string of the molecule is CCOc1c(COc2cccc(CCC(=O)O)c2)noc1-c1cc(OC)ccc1F. The number of carboxylic acid groups (broad SMARTS) is 1. The number of aliphatic carboxylic acids is 1. The van der Waals surface area contributed by atoms with Gasteiger partial charge in [0.15, 0.2) is 11.4 Å². The van der Waals surface area contributed by atoms with Crippen molar-refractivity contribution in [2.45, 2.75) is 26.4 Å². The van der Waals surface area contributed by atoms with Crippen molar-refractivity contribution in [3.63, 3.8) is 0 Å². The van der Waals surface area contributed by atoms with Gasteiger partial charge in [0.2, 0.25) is 5.76 Å². The largest absolute Gasteiger partial charge is 0.497 e. The first-order valence-corrected chi connectivity index (χ1v) is 9.40. The molecule has 0 aliphatic heterocycles. The van der Waals surface area contributed by atoms with Crippen LogP contribution in [-0.4, -0.2) is 29.9 Å². The molecule has 0 saturated heterocycles. The Kier molecular flexibility index (Phi) is 6.90. The lowest BCUT2D eigenvalue weighted by atomic mass is 10.1. The maximum atomic E-state index is 14.4. The fourth-order valence-corrected chi connectivity index (χ4v) is 2.87. The minimum atomic E-state index is -0.859. The van der Waals surface area contributed by atoms with E-state index in [9.17, 15) is 9.18 Å². The maximum Gasteiger partial charge on any atom is 0.303 e. The number of hydrogen-bond donors (Lipinski definition) is 1. The van der Waals surface area contributed by atoms with E-state index in [2.05, 4.69) is 5.16 Å². The van der Waals surface area contributed by atoms with Gasteiger partial charge < -0.3 is 23.8 Å². The zero-order valence-corrected chi connectivity index (χ0v) is 16.7. The summed E-state index contributed by atoms with van der Waals surface area (Å²) in [4.78, 5) is 10.8. The highest BCUT2D eigenvalue weighted by Gasteiger charge is 2.23. The Balaban J connectivity index is 1.81. The Labute approximate surface area is 173 Å². The molecule has 0 spiro atoms. The summed E-state index contributed by atoms with van der Waals surface area (Å²) in [6.45, 7) is 2.17. The molecule has 0 amide bonds. The molecule has 1 heterocycles. The number of rotatable bonds is 10. The standard InChI is InChI=1S/C22H22FNO6/c1-3-28-22-19(13-29-16-6-4-5-14(11-16)7-10-20(25)26)24-30-21(22)17-12-15(27-2)8-9-18(17)23/h4-6,8-9,11-12H,3,7,10,13H2,1-2H3,(H,25,26). The van der Waals surface area contributed by atoms with Crippen LogP contribution < -0.4 is 14.2 Å². The zero-order valence-electron chi connectivity index (χ0n) is 16.7. The highest BCUT2D eigenvalue weighted by Crippen LogP contribution is 2.37. The average Bonchev–Trinajstić information content (AvgIpc) is 3.14. The summed E-state index contributed by atoms with van der Waals surface area (Å²) in [6, 6.07) is 11.5. The lowest BCUT2D eigenvalue weighted by Gasteiger charge is -2.09. The van der Waals surface area contributed by atoms with Crippen molar-refractivity contribution in [1.82, 2.24) is 5.16 Å². The number of aromatic nitrogens is 1. The first kappa shape index (κ1) is 21.2. The van der Waals surface area contributed by atoms with Gasteiger partial charge in [0.05, 0.1) is 19.3 Å². The summed E-state index contributed by atoms with van der Waals surface area (Å²) in [6.07, 6.45) is 0.441. The van der Waals surface area contributed by atoms with Gasteiger partial charge in [-0.3, -0.25) is 4.79 Å². The lowest BCUT2D eigenvalue weighted by molar-refractivity contribution is -0.136. The second-order valence-electron chi connectivity index (χ2n) is 6.40. The third-order valence-electron chi connectivity index (χ3n) is 4.32. The molecule has 3 aromatic rings. The van der Waals surface area contributed by atoms with Crippen LogP contribution in [0, 0.1) is 5.82 Å². The molecule has 0 bridgehead atoms. The number of ether oxygens (including phenoxy) is 3. The fourth-order valence-electron chi connectivity index (χ4n) is 2.87. The second kappa shape index (κ2) is 9.78. The van der Waals surface area contributed by atoms with E-state index in [1.165, 1.54) is 25.3 Å². The molecule has 8 heteroatoms. The van der Waals surface area contributed by atoms with E-state index in [-0.39, 0.29) is 24.4 Å². The van der Waals surface area contributed by atoms with Gasteiger partial charge in [-0.25, -0.2) is 4.39 Å². The van der Waals surface area contributed by atoms with Crippen LogP contribution in [0.15, 0.2) is 47.0 Å². The smallest absolute Gasteiger partial charge is 0.303 e. The van der Waals surface area contributed by atoms with E-state index in [1.807, 2.05) is 6.07 Å². The minimum Gasteiger partial charge on any atom is -0.497 e. The van der Waals surface area contributed by atoms with Gasteiger partial charge in [-0.1, -0.05) is 17.3 Å². The molecule has 158 valence electrons. The molecule has 7 nitrogen and oxygen atoms in total. The Hall–Kier alpha value is -3.55. The molecular formula is C22H22FNO6. The van der Waals surface area contributed by atoms with Crippen LogP contribution >= 0.6 is 0 Å². The van der Waals surface area contributed by atoms with Gasteiger partial charge >= 0.3 is 5.97 Å². The van der Waals surface area contributed by atoms with Gasteiger partial charge in [-0.2, -0.15) is 0 Å². The van der Waals surface area contributed by atoms with Crippen molar-refractivity contribution in [2.24, 2.45) is 0 Å². The first-order valence-electron chi connectivity index (χ1n) is 9.40. The number of carboxylic acids is 1. The van der Waals surface area contributed by atoms with E-state index in [1.54, 1.807) is 25.1 Å². The molecule has 1 aromatic heterocycles. The summed E-state index contributed by atoms with van der Waals surface area (Å²) in [5, 5.41) is 12.8. The number of nitrogens with zero attached hydrogens (tertiary/aromatic N) is 1. The third-order valence-corrected chi connectivity index (χ3v) is 4.32. The number of benzene rings is 2. The first-order chi connectivity index (χ1) is 14.5. The van der Waals surface area contributed by atoms with Crippen LogP contribution in [0.25, 0.3) is 11.3 Å². The van der Waals surface area contributed by atoms with Crippen molar-refractivity contribution in [3.05, 3.63) is 59.5 Å². The summed E-state index contributed by atoms with van der Waals surface area (Å²) in [5.41, 5.74) is 1.40. The number of aryl methyl sites for hydroxylation is 1. The summed E-state index contributed by atoms with van der Waals surface area (Å²) in [5.74, 6) is 0.126. The molecule has 0 aliphatic rings. The molecule has 0 unspecified atom stereocenters. The van der Waals surface area contributed by atoms with Crippen molar-refractivity contribution in [1.29, 1.82) is 0 Å². The normalized spacial score (nSPS) is 10.6. The van der Waals surface area contributed by atoms with Crippen LogP contribution in [0.1, 0.15) is 24.6 Å². The van der Waals surface area contributed by atoms with Gasteiger partial charge in [-0.05, 0) is 49.2 Å². The molecule has 0 saturated carbocycles. The van der Waals surface area contributed by atoms with Gasteiger partial charge in [0, 0.05) is 6.42 Å². The van der Waals surface area contributed by atoms with Gasteiger partial charge in [0.1, 0.15) is 23.9 Å². The van der Waals surface area contributed by atoms with Crippen LogP contribution in [0.5, 0.6) is 17.2 Å². The number of methoxy groups -OCH3 is 1. The number of halogens is 1. The fraction of sp³-hybridized carbons (Fsp3) is 0.273. The third kappa shape index (κ3) is 5.08. The molecule has 0 aliphatic carbocycles. The van der Waals surface area contributed by atoms with Gasteiger partial charge in [-0.15, -0.1) is 0 Å². The Bertz CT molecular complexity index is 1020. The molecule has 2 aromatic carbocycles. The van der Waals surface area contributed by atoms with Crippen LogP contribution in [0.3, 0.4) is 0 Å². The average molecular weight is 415 g/mol. The van der Waals surface area contributed by atoms with E-state index < -0.39 is 11.8 Å². The van der Waals surface area contributed by atoms with Crippen molar-refractivity contribution >= 4 is 5.97 Å². The Morgan fingerprint density at radius 2 is 2.00 bits per heavy atom.